The molecule has 1 aliphatic rings. The Morgan fingerprint density at radius 1 is 1.17 bits per heavy atom. The van der Waals surface area contributed by atoms with Crippen molar-refractivity contribution in [1.82, 2.24) is 23.9 Å². The summed E-state index contributed by atoms with van der Waals surface area (Å²) < 4.78 is 43.2. The highest BCUT2D eigenvalue weighted by molar-refractivity contribution is 9.10. The van der Waals surface area contributed by atoms with Crippen molar-refractivity contribution >= 4 is 37.4 Å². The Morgan fingerprint density at radius 3 is 2.69 bits per heavy atom. The number of pyridine rings is 1. The molecule has 0 radical (unpaired) electrons. The van der Waals surface area contributed by atoms with Crippen LogP contribution >= 0.6 is 15.9 Å². The largest absolute Gasteiger partial charge is 0.505 e. The molecule has 3 aromatic heterocycles. The van der Waals surface area contributed by atoms with Gasteiger partial charge in [0, 0.05) is 55.8 Å². The zero-order valence-electron chi connectivity index (χ0n) is 18.5. The summed E-state index contributed by atoms with van der Waals surface area (Å²) in [7, 11) is -3.84. The van der Waals surface area contributed by atoms with Gasteiger partial charge < -0.3 is 10.4 Å². The van der Waals surface area contributed by atoms with Crippen molar-refractivity contribution in [3.05, 3.63) is 76.5 Å². The fourth-order valence-electron chi connectivity index (χ4n) is 4.18. The molecule has 1 saturated heterocycles. The minimum absolute atomic E-state index is 0.0498. The molecule has 0 spiro atoms. The number of fused-ring (bicyclic) bond motifs is 1. The van der Waals surface area contributed by atoms with Crippen LogP contribution in [-0.4, -0.2) is 50.5 Å². The Morgan fingerprint density at radius 2 is 1.97 bits per heavy atom. The average Bonchev–Trinajstić information content (AvgIpc) is 3.25. The first-order valence-corrected chi connectivity index (χ1v) is 13.2. The predicted molar refractivity (Wildman–Crippen MR) is 131 cm³/mol. The molecule has 2 N–H and O–H groups in total. The number of piperidine rings is 1. The summed E-state index contributed by atoms with van der Waals surface area (Å²) in [6.07, 6.45) is 6.35. The lowest BCUT2D eigenvalue weighted by molar-refractivity contribution is 0.316. The van der Waals surface area contributed by atoms with E-state index in [0.717, 1.165) is 33.7 Å². The highest BCUT2D eigenvalue weighted by Crippen LogP contribution is 2.33. The van der Waals surface area contributed by atoms with E-state index in [1.807, 2.05) is 18.2 Å². The van der Waals surface area contributed by atoms with E-state index in [1.165, 1.54) is 10.4 Å². The molecule has 0 saturated carbocycles. The maximum Gasteiger partial charge on any atom is 0.243 e. The number of phenolic OH excluding ortho intramolecular Hbond substituents is 1. The van der Waals surface area contributed by atoms with Gasteiger partial charge in [0.05, 0.1) is 15.6 Å². The summed E-state index contributed by atoms with van der Waals surface area (Å²) in [5.74, 6) is -0.718. The molecule has 5 rings (SSSR count). The zero-order chi connectivity index (χ0) is 24.6. The number of sulfonamides is 1. The van der Waals surface area contributed by atoms with E-state index in [0.29, 0.717) is 25.0 Å². The maximum absolute atomic E-state index is 13.4. The monoisotopic (exact) mass is 560 g/mol. The lowest BCUT2D eigenvalue weighted by Gasteiger charge is -2.31. The summed E-state index contributed by atoms with van der Waals surface area (Å²) in [5.41, 5.74) is 2.55. The number of hydrogen-bond acceptors (Lipinski definition) is 7. The van der Waals surface area contributed by atoms with E-state index in [2.05, 4.69) is 31.3 Å². The Balaban J connectivity index is 1.36. The second-order valence-electron chi connectivity index (χ2n) is 8.30. The molecule has 182 valence electrons. The standard InChI is InChI=1S/C23H22BrFN6O3S/c24-18-14-28-31-22(27-13-15-2-1-7-26-12-15)11-20(29-23(18)31)16-5-8-30(9-6-16)35(33,34)17-3-4-19(25)21(32)10-17/h1-4,7,10-12,14,16,27,32H,5-6,8-9,13H2. The number of benzene rings is 1. The number of nitrogens with zero attached hydrogens (tertiary/aromatic N) is 5. The van der Waals surface area contributed by atoms with E-state index >= 15 is 0 Å². The van der Waals surface area contributed by atoms with E-state index < -0.39 is 21.6 Å². The van der Waals surface area contributed by atoms with Gasteiger partial charge in [-0.1, -0.05) is 6.07 Å². The fraction of sp³-hybridized carbons (Fsp3) is 0.261. The van der Waals surface area contributed by atoms with Crippen LogP contribution in [-0.2, 0) is 16.6 Å². The average molecular weight is 561 g/mol. The number of nitrogens with one attached hydrogen (secondary N) is 1. The molecule has 4 heterocycles. The summed E-state index contributed by atoms with van der Waals surface area (Å²) >= 11 is 3.51. The lowest BCUT2D eigenvalue weighted by Crippen LogP contribution is -2.38. The molecule has 0 aliphatic carbocycles. The van der Waals surface area contributed by atoms with Crippen LogP contribution < -0.4 is 5.32 Å². The van der Waals surface area contributed by atoms with Crippen LogP contribution in [0.25, 0.3) is 5.65 Å². The molecular weight excluding hydrogens is 539 g/mol. The second-order valence-corrected chi connectivity index (χ2v) is 11.1. The van der Waals surface area contributed by atoms with Crippen LogP contribution in [0.5, 0.6) is 5.75 Å². The molecule has 0 atom stereocenters. The number of hydrogen-bond donors (Lipinski definition) is 2. The third-order valence-corrected chi connectivity index (χ3v) is 8.53. The Labute approximate surface area is 209 Å². The summed E-state index contributed by atoms with van der Waals surface area (Å²) in [5, 5.41) is 17.4. The Hall–Kier alpha value is -3.09. The van der Waals surface area contributed by atoms with E-state index in [-0.39, 0.29) is 23.9 Å². The van der Waals surface area contributed by atoms with E-state index in [1.54, 1.807) is 23.1 Å². The van der Waals surface area contributed by atoms with Crippen molar-refractivity contribution in [2.75, 3.05) is 18.4 Å². The third kappa shape index (κ3) is 4.73. The van der Waals surface area contributed by atoms with E-state index in [4.69, 9.17) is 4.98 Å². The summed E-state index contributed by atoms with van der Waals surface area (Å²) in [4.78, 5) is 8.82. The van der Waals surface area contributed by atoms with Crippen molar-refractivity contribution in [2.45, 2.75) is 30.2 Å². The molecular formula is C23H22BrFN6O3S. The minimum atomic E-state index is -3.84. The zero-order valence-corrected chi connectivity index (χ0v) is 20.9. The van der Waals surface area contributed by atoms with Crippen LogP contribution in [0.2, 0.25) is 0 Å². The summed E-state index contributed by atoms with van der Waals surface area (Å²) in [6, 6.07) is 8.89. The molecule has 9 nitrogen and oxygen atoms in total. The first kappa shape index (κ1) is 23.6. The SMILES string of the molecule is O=S(=O)(c1ccc(F)c(O)c1)N1CCC(c2cc(NCc3cccnc3)n3ncc(Br)c3n2)CC1. The van der Waals surface area contributed by atoms with Crippen molar-refractivity contribution in [3.63, 3.8) is 0 Å². The number of halogens is 2. The van der Waals surface area contributed by atoms with E-state index in [9.17, 15) is 17.9 Å². The maximum atomic E-state index is 13.4. The van der Waals surface area contributed by atoms with Gasteiger partial charge in [-0.3, -0.25) is 4.98 Å². The van der Waals surface area contributed by atoms with Gasteiger partial charge in [0.15, 0.2) is 17.2 Å². The second kappa shape index (κ2) is 9.51. The molecule has 1 aliphatic heterocycles. The highest BCUT2D eigenvalue weighted by atomic mass is 79.9. The van der Waals surface area contributed by atoms with Crippen molar-refractivity contribution in [1.29, 1.82) is 0 Å². The normalized spacial score (nSPS) is 15.5. The first-order valence-electron chi connectivity index (χ1n) is 11.0. The van der Waals surface area contributed by atoms with Gasteiger partial charge in [-0.2, -0.15) is 13.9 Å². The fourth-order valence-corrected chi connectivity index (χ4v) is 6.02. The summed E-state index contributed by atoms with van der Waals surface area (Å²) in [6.45, 7) is 1.14. The van der Waals surface area contributed by atoms with Gasteiger partial charge in [-0.15, -0.1) is 0 Å². The van der Waals surface area contributed by atoms with Gasteiger partial charge in [-0.25, -0.2) is 17.8 Å². The van der Waals surface area contributed by atoms with Gasteiger partial charge in [0.2, 0.25) is 10.0 Å². The molecule has 0 unspecified atom stereocenters. The molecule has 0 amide bonds. The van der Waals surface area contributed by atoms with Crippen LogP contribution in [0.3, 0.4) is 0 Å². The molecule has 4 aromatic rings. The Kier molecular flexibility index (Phi) is 6.43. The van der Waals surface area contributed by atoms with Crippen molar-refractivity contribution in [3.8, 4) is 5.75 Å². The number of rotatable bonds is 6. The highest BCUT2D eigenvalue weighted by Gasteiger charge is 2.31. The number of phenols is 1. The molecule has 35 heavy (non-hydrogen) atoms. The van der Waals surface area contributed by atoms with Gasteiger partial charge in [0.1, 0.15) is 5.82 Å². The predicted octanol–water partition coefficient (Wildman–Crippen LogP) is 3.91. The molecule has 12 heteroatoms. The number of aromatic nitrogens is 4. The smallest absolute Gasteiger partial charge is 0.243 e. The van der Waals surface area contributed by atoms with Crippen LogP contribution in [0.4, 0.5) is 10.2 Å². The topological polar surface area (TPSA) is 113 Å². The number of anilines is 1. The third-order valence-electron chi connectivity index (χ3n) is 6.07. The van der Waals surface area contributed by atoms with Crippen LogP contribution in [0.15, 0.2) is 64.4 Å². The van der Waals surface area contributed by atoms with Crippen molar-refractivity contribution < 1.29 is 17.9 Å². The number of aromatic hydroxyl groups is 1. The molecule has 0 bridgehead atoms. The van der Waals surface area contributed by atoms with Gasteiger partial charge in [0.25, 0.3) is 0 Å². The van der Waals surface area contributed by atoms with Crippen molar-refractivity contribution in [2.24, 2.45) is 0 Å². The lowest BCUT2D eigenvalue weighted by atomic mass is 9.94. The Bertz CT molecular complexity index is 1470. The van der Waals surface area contributed by atoms with Crippen LogP contribution in [0, 0.1) is 5.82 Å². The first-order chi connectivity index (χ1) is 16.8. The molecule has 1 fully saturated rings. The van der Waals surface area contributed by atoms with Gasteiger partial charge in [-0.05, 0) is 52.5 Å². The quantitative estimate of drug-likeness (QED) is 0.367. The van der Waals surface area contributed by atoms with Gasteiger partial charge >= 0.3 is 0 Å². The minimum Gasteiger partial charge on any atom is -0.505 e. The molecule has 1 aromatic carbocycles. The van der Waals surface area contributed by atoms with Crippen LogP contribution in [0.1, 0.15) is 30.0 Å².